The summed E-state index contributed by atoms with van der Waals surface area (Å²) >= 11 is 0. The van der Waals surface area contributed by atoms with Gasteiger partial charge in [-0.05, 0) is 42.2 Å². The summed E-state index contributed by atoms with van der Waals surface area (Å²) < 4.78 is 14.2. The summed E-state index contributed by atoms with van der Waals surface area (Å²) in [7, 11) is 0. The Balaban J connectivity index is 1.39. The van der Waals surface area contributed by atoms with Crippen molar-refractivity contribution < 1.29 is 23.6 Å². The number of likely N-dealkylation sites (tertiary alicyclic amines) is 1. The van der Waals surface area contributed by atoms with Crippen molar-refractivity contribution in [1.82, 2.24) is 19.7 Å². The maximum Gasteiger partial charge on any atom is 0.242 e. The third-order valence-electron chi connectivity index (χ3n) is 7.68. The van der Waals surface area contributed by atoms with Crippen molar-refractivity contribution in [2.45, 2.75) is 56.5 Å². The van der Waals surface area contributed by atoms with Gasteiger partial charge in [0.2, 0.25) is 23.6 Å². The van der Waals surface area contributed by atoms with Gasteiger partial charge in [-0.2, -0.15) is 0 Å². The van der Waals surface area contributed by atoms with Crippen LogP contribution in [0.25, 0.3) is 0 Å². The Morgan fingerprint density at radius 3 is 2.56 bits per heavy atom. The van der Waals surface area contributed by atoms with E-state index in [-0.39, 0.29) is 43.8 Å². The van der Waals surface area contributed by atoms with Crippen LogP contribution in [0.1, 0.15) is 49.7 Å². The number of amides is 4. The van der Waals surface area contributed by atoms with E-state index in [1.54, 1.807) is 30.6 Å². The number of halogens is 1. The molecule has 3 fully saturated rings. The third-order valence-corrected chi connectivity index (χ3v) is 7.68. The molecule has 1 saturated carbocycles. The number of benzene rings is 1. The van der Waals surface area contributed by atoms with Crippen molar-refractivity contribution in [2.75, 3.05) is 19.6 Å². The molecule has 0 N–H and O–H groups in total. The molecule has 0 radical (unpaired) electrons. The van der Waals surface area contributed by atoms with Crippen LogP contribution >= 0.6 is 0 Å². The number of pyridine rings is 1. The maximum atomic E-state index is 14.2. The molecule has 0 bridgehead atoms. The molecule has 3 aliphatic rings. The molecule has 1 aliphatic carbocycles. The van der Waals surface area contributed by atoms with Crippen LogP contribution in [-0.4, -0.2) is 69.0 Å². The zero-order valence-corrected chi connectivity index (χ0v) is 20.1. The smallest absolute Gasteiger partial charge is 0.242 e. The van der Waals surface area contributed by atoms with E-state index >= 15 is 0 Å². The van der Waals surface area contributed by atoms with Crippen molar-refractivity contribution in [2.24, 2.45) is 0 Å². The standard InChI is InChI=1S/C27H29FN4O4/c28-21-7-3-6-20(13-21)27(15-24(34)32(26(27)36)17-19-5-4-10-29-16-19)14-23(33)30-11-12-31(25(35)18-30)22-8-1-2-9-22/h3-7,10,13,16,22H,1-2,8-9,11-12,14-15,17-18H2/t27-/m0/s1. The van der Waals surface area contributed by atoms with E-state index < -0.39 is 23.0 Å². The molecule has 8 nitrogen and oxygen atoms in total. The fourth-order valence-electron chi connectivity index (χ4n) is 5.76. The Morgan fingerprint density at radius 1 is 1.06 bits per heavy atom. The minimum Gasteiger partial charge on any atom is -0.336 e. The first-order valence-electron chi connectivity index (χ1n) is 12.4. The van der Waals surface area contributed by atoms with Gasteiger partial charge in [0.1, 0.15) is 5.82 Å². The van der Waals surface area contributed by atoms with Gasteiger partial charge in [-0.25, -0.2) is 4.39 Å². The van der Waals surface area contributed by atoms with Crippen molar-refractivity contribution in [3.05, 3.63) is 65.7 Å². The second-order valence-electron chi connectivity index (χ2n) is 9.93. The minimum atomic E-state index is -1.52. The lowest BCUT2D eigenvalue weighted by molar-refractivity contribution is -0.149. The number of carbonyl (C=O) groups is 4. The van der Waals surface area contributed by atoms with Crippen LogP contribution in [0.3, 0.4) is 0 Å². The van der Waals surface area contributed by atoms with Crippen LogP contribution in [0.5, 0.6) is 0 Å². The fraction of sp³-hybridized carbons (Fsp3) is 0.444. The van der Waals surface area contributed by atoms with E-state index in [0.717, 1.165) is 30.6 Å². The molecule has 2 aliphatic heterocycles. The molecule has 0 unspecified atom stereocenters. The second kappa shape index (κ2) is 9.79. The van der Waals surface area contributed by atoms with Gasteiger partial charge in [-0.15, -0.1) is 0 Å². The fourth-order valence-corrected chi connectivity index (χ4v) is 5.76. The van der Waals surface area contributed by atoms with Crippen molar-refractivity contribution in [1.29, 1.82) is 0 Å². The highest BCUT2D eigenvalue weighted by Gasteiger charge is 2.54. The zero-order valence-electron chi connectivity index (χ0n) is 20.1. The SMILES string of the molecule is O=C(C[C@@]1(c2cccc(F)c2)CC(=O)N(Cc2cccnc2)C1=O)N1CCN(C2CCCC2)C(=O)C1. The third kappa shape index (κ3) is 4.50. The molecular formula is C27H29FN4O4. The van der Waals surface area contributed by atoms with E-state index in [9.17, 15) is 23.6 Å². The van der Waals surface area contributed by atoms with E-state index in [4.69, 9.17) is 0 Å². The van der Waals surface area contributed by atoms with Crippen LogP contribution in [-0.2, 0) is 31.1 Å². The largest absolute Gasteiger partial charge is 0.336 e. The first-order valence-corrected chi connectivity index (χ1v) is 12.4. The lowest BCUT2D eigenvalue weighted by Crippen LogP contribution is -2.56. The highest BCUT2D eigenvalue weighted by atomic mass is 19.1. The molecule has 1 aromatic heterocycles. The Kier molecular flexibility index (Phi) is 6.55. The summed E-state index contributed by atoms with van der Waals surface area (Å²) in [6, 6.07) is 9.25. The molecule has 2 aromatic rings. The topological polar surface area (TPSA) is 90.9 Å². The number of hydrogen-bond donors (Lipinski definition) is 0. The number of hydrogen-bond acceptors (Lipinski definition) is 5. The highest BCUT2D eigenvalue weighted by molar-refractivity contribution is 6.10. The second-order valence-corrected chi connectivity index (χ2v) is 9.93. The molecule has 4 amide bonds. The van der Waals surface area contributed by atoms with E-state index in [0.29, 0.717) is 24.2 Å². The molecule has 5 rings (SSSR count). The quantitative estimate of drug-likeness (QED) is 0.578. The van der Waals surface area contributed by atoms with Crippen LogP contribution in [0.15, 0.2) is 48.8 Å². The number of piperazine rings is 1. The molecule has 188 valence electrons. The van der Waals surface area contributed by atoms with Crippen molar-refractivity contribution in [3.8, 4) is 0 Å². The number of carbonyl (C=O) groups excluding carboxylic acids is 4. The lowest BCUT2D eigenvalue weighted by atomic mass is 9.75. The molecule has 3 heterocycles. The van der Waals surface area contributed by atoms with Crippen LogP contribution in [0, 0.1) is 5.82 Å². The van der Waals surface area contributed by atoms with Gasteiger partial charge in [0.15, 0.2) is 0 Å². The Labute approximate surface area is 209 Å². The highest BCUT2D eigenvalue weighted by Crippen LogP contribution is 2.41. The maximum absolute atomic E-state index is 14.2. The summed E-state index contributed by atoms with van der Waals surface area (Å²) in [5.41, 5.74) is -0.558. The van der Waals surface area contributed by atoms with Gasteiger partial charge in [0.25, 0.3) is 0 Å². The number of nitrogens with zero attached hydrogens (tertiary/aromatic N) is 4. The zero-order chi connectivity index (χ0) is 25.3. The van der Waals surface area contributed by atoms with Crippen molar-refractivity contribution in [3.63, 3.8) is 0 Å². The Hall–Kier alpha value is -3.62. The number of aromatic nitrogens is 1. The average molecular weight is 493 g/mol. The monoisotopic (exact) mass is 492 g/mol. The van der Waals surface area contributed by atoms with Gasteiger partial charge in [0, 0.05) is 44.4 Å². The molecule has 2 saturated heterocycles. The van der Waals surface area contributed by atoms with Gasteiger partial charge in [-0.1, -0.05) is 31.0 Å². The first-order chi connectivity index (χ1) is 17.4. The predicted molar refractivity (Wildman–Crippen MR) is 128 cm³/mol. The normalized spacial score (nSPS) is 23.1. The lowest BCUT2D eigenvalue weighted by Gasteiger charge is -2.39. The molecular weight excluding hydrogens is 463 g/mol. The van der Waals surface area contributed by atoms with Gasteiger partial charge < -0.3 is 9.80 Å². The summed E-state index contributed by atoms with van der Waals surface area (Å²) in [5.74, 6) is -1.99. The first kappa shape index (κ1) is 24.1. The summed E-state index contributed by atoms with van der Waals surface area (Å²) in [5, 5.41) is 0. The molecule has 0 spiro atoms. The summed E-state index contributed by atoms with van der Waals surface area (Å²) in [6.45, 7) is 0.815. The summed E-state index contributed by atoms with van der Waals surface area (Å²) in [6.07, 6.45) is 6.83. The van der Waals surface area contributed by atoms with E-state index in [1.165, 1.54) is 23.1 Å². The number of rotatable bonds is 6. The van der Waals surface area contributed by atoms with Gasteiger partial charge >= 0.3 is 0 Å². The van der Waals surface area contributed by atoms with Crippen LogP contribution in [0.2, 0.25) is 0 Å². The minimum absolute atomic E-state index is 0.0231. The van der Waals surface area contributed by atoms with Crippen molar-refractivity contribution >= 4 is 23.6 Å². The molecule has 1 aromatic carbocycles. The van der Waals surface area contributed by atoms with Crippen LogP contribution < -0.4 is 0 Å². The van der Waals surface area contributed by atoms with E-state index in [2.05, 4.69) is 4.98 Å². The number of imide groups is 1. The van der Waals surface area contributed by atoms with E-state index in [1.807, 2.05) is 4.90 Å². The Morgan fingerprint density at radius 2 is 1.86 bits per heavy atom. The van der Waals surface area contributed by atoms with Crippen LogP contribution in [0.4, 0.5) is 4.39 Å². The molecule has 9 heteroatoms. The average Bonchev–Trinajstić information content (AvgIpc) is 3.48. The van der Waals surface area contributed by atoms with Gasteiger partial charge in [0.05, 0.1) is 18.5 Å². The molecule has 36 heavy (non-hydrogen) atoms. The summed E-state index contributed by atoms with van der Waals surface area (Å²) in [4.78, 5) is 61.7. The Bertz CT molecular complexity index is 1180. The molecule has 1 atom stereocenters. The predicted octanol–water partition coefficient (Wildman–Crippen LogP) is 2.42. The van der Waals surface area contributed by atoms with Gasteiger partial charge in [-0.3, -0.25) is 29.1 Å².